The molecule has 0 bridgehead atoms. The second-order valence-corrected chi connectivity index (χ2v) is 5.56. The molecule has 0 saturated heterocycles. The lowest BCUT2D eigenvalue weighted by molar-refractivity contribution is 0.416. The fourth-order valence-electron chi connectivity index (χ4n) is 2.96. The number of aromatic nitrogens is 1. The minimum atomic E-state index is 0.897. The maximum Gasteiger partial charge on any atom is 0.126 e. The van der Waals surface area contributed by atoms with Crippen LogP contribution in [0.4, 0.5) is 0 Å². The molecule has 1 N–H and O–H groups in total. The molecule has 0 spiro atoms. The lowest BCUT2D eigenvalue weighted by Gasteiger charge is -2.09. The Kier molecular flexibility index (Phi) is 3.35. The van der Waals surface area contributed by atoms with Crippen molar-refractivity contribution < 1.29 is 4.74 Å². The van der Waals surface area contributed by atoms with Crippen LogP contribution in [-0.2, 0) is 0 Å². The fraction of sp³-hybridized carbons (Fsp3) is 0.0476. The zero-order valence-electron chi connectivity index (χ0n) is 12.9. The number of benzene rings is 3. The van der Waals surface area contributed by atoms with Gasteiger partial charge in [-0.05, 0) is 46.3 Å². The van der Waals surface area contributed by atoms with E-state index in [0.29, 0.717) is 0 Å². The van der Waals surface area contributed by atoms with E-state index >= 15 is 0 Å². The minimum Gasteiger partial charge on any atom is -0.496 e. The molecule has 0 aliphatic heterocycles. The van der Waals surface area contributed by atoms with Crippen LogP contribution in [0.25, 0.3) is 33.2 Å². The Hall–Kier alpha value is -3.00. The van der Waals surface area contributed by atoms with Crippen LogP contribution in [0.3, 0.4) is 0 Å². The van der Waals surface area contributed by atoms with Gasteiger partial charge in [-0.2, -0.15) is 0 Å². The number of para-hydroxylation sites is 1. The Morgan fingerprint density at radius 1 is 0.739 bits per heavy atom. The van der Waals surface area contributed by atoms with Crippen LogP contribution in [0.1, 0.15) is 0 Å². The molecule has 112 valence electrons. The first-order valence-corrected chi connectivity index (χ1v) is 7.66. The number of fused-ring (bicyclic) bond motifs is 1. The molecule has 4 aromatic rings. The predicted molar refractivity (Wildman–Crippen MR) is 95.7 cm³/mol. The molecule has 0 aliphatic rings. The second kappa shape index (κ2) is 5.65. The summed E-state index contributed by atoms with van der Waals surface area (Å²) in [6.45, 7) is 0. The summed E-state index contributed by atoms with van der Waals surface area (Å²) in [7, 11) is 1.71. The normalized spacial score (nSPS) is 10.8. The summed E-state index contributed by atoms with van der Waals surface area (Å²) in [6.07, 6.45) is 1.97. The van der Waals surface area contributed by atoms with Crippen LogP contribution in [0.15, 0.2) is 79.0 Å². The van der Waals surface area contributed by atoms with Crippen LogP contribution in [0.2, 0.25) is 0 Å². The zero-order valence-corrected chi connectivity index (χ0v) is 12.9. The minimum absolute atomic E-state index is 0.897. The number of nitrogens with one attached hydrogen (secondary N) is 1. The van der Waals surface area contributed by atoms with Gasteiger partial charge in [0.15, 0.2) is 0 Å². The number of methoxy groups -OCH3 is 1. The van der Waals surface area contributed by atoms with Crippen molar-refractivity contribution in [1.29, 1.82) is 0 Å². The predicted octanol–water partition coefficient (Wildman–Crippen LogP) is 5.51. The Morgan fingerprint density at radius 2 is 1.48 bits per heavy atom. The Morgan fingerprint density at radius 3 is 2.30 bits per heavy atom. The van der Waals surface area contributed by atoms with Crippen LogP contribution < -0.4 is 4.74 Å². The van der Waals surface area contributed by atoms with Crippen LogP contribution >= 0.6 is 0 Å². The molecular formula is C21H17NO. The number of hydrogen-bond acceptors (Lipinski definition) is 1. The van der Waals surface area contributed by atoms with E-state index < -0.39 is 0 Å². The average Bonchev–Trinajstić information content (AvgIpc) is 3.09. The first-order valence-electron chi connectivity index (χ1n) is 7.66. The van der Waals surface area contributed by atoms with Crippen LogP contribution in [-0.4, -0.2) is 12.1 Å². The van der Waals surface area contributed by atoms with Gasteiger partial charge >= 0.3 is 0 Å². The first kappa shape index (κ1) is 13.6. The van der Waals surface area contributed by atoms with Crippen LogP contribution in [0, 0.1) is 0 Å². The number of rotatable bonds is 3. The van der Waals surface area contributed by atoms with Gasteiger partial charge in [0, 0.05) is 17.3 Å². The van der Waals surface area contributed by atoms with Crippen molar-refractivity contribution in [3.05, 3.63) is 79.0 Å². The zero-order chi connectivity index (χ0) is 15.6. The summed E-state index contributed by atoms with van der Waals surface area (Å²) in [5, 5.41) is 1.23. The molecular weight excluding hydrogens is 282 g/mol. The van der Waals surface area contributed by atoms with Crippen molar-refractivity contribution in [2.45, 2.75) is 0 Å². The topological polar surface area (TPSA) is 25.0 Å². The lowest BCUT2D eigenvalue weighted by Crippen LogP contribution is -1.87. The van der Waals surface area contributed by atoms with Gasteiger partial charge in [0.25, 0.3) is 0 Å². The van der Waals surface area contributed by atoms with Crippen molar-refractivity contribution in [2.75, 3.05) is 7.11 Å². The van der Waals surface area contributed by atoms with Gasteiger partial charge in [0.05, 0.1) is 7.11 Å². The highest BCUT2D eigenvalue weighted by atomic mass is 16.5. The van der Waals surface area contributed by atoms with Gasteiger partial charge in [0.1, 0.15) is 5.75 Å². The Bertz CT molecular complexity index is 951. The molecule has 4 rings (SSSR count). The average molecular weight is 299 g/mol. The van der Waals surface area contributed by atoms with Crippen molar-refractivity contribution in [2.24, 2.45) is 0 Å². The number of ether oxygens (including phenoxy) is 1. The van der Waals surface area contributed by atoms with E-state index in [4.69, 9.17) is 4.74 Å². The van der Waals surface area contributed by atoms with Gasteiger partial charge < -0.3 is 9.72 Å². The lowest BCUT2D eigenvalue weighted by atomic mass is 9.99. The summed E-state index contributed by atoms with van der Waals surface area (Å²) in [4.78, 5) is 3.23. The van der Waals surface area contributed by atoms with Gasteiger partial charge in [0.2, 0.25) is 0 Å². The van der Waals surface area contributed by atoms with E-state index in [1.165, 1.54) is 22.0 Å². The van der Waals surface area contributed by atoms with Crippen molar-refractivity contribution >= 4 is 10.9 Å². The highest BCUT2D eigenvalue weighted by Crippen LogP contribution is 2.31. The Balaban J connectivity index is 1.72. The summed E-state index contributed by atoms with van der Waals surface area (Å²) < 4.78 is 5.45. The molecule has 0 atom stereocenters. The maximum absolute atomic E-state index is 5.45. The monoisotopic (exact) mass is 299 g/mol. The highest BCUT2D eigenvalue weighted by Gasteiger charge is 2.06. The SMILES string of the molecule is COc1ccccc1-c1ccc(-c2ccc3[nH]ccc3c2)cc1. The summed E-state index contributed by atoms with van der Waals surface area (Å²) >= 11 is 0. The largest absolute Gasteiger partial charge is 0.496 e. The van der Waals surface area contributed by atoms with Gasteiger partial charge in [-0.1, -0.05) is 48.5 Å². The van der Waals surface area contributed by atoms with E-state index in [1.807, 2.05) is 24.4 Å². The van der Waals surface area contributed by atoms with E-state index in [9.17, 15) is 0 Å². The quantitative estimate of drug-likeness (QED) is 0.530. The second-order valence-electron chi connectivity index (χ2n) is 5.56. The molecule has 0 unspecified atom stereocenters. The molecule has 2 heteroatoms. The molecule has 2 nitrogen and oxygen atoms in total. The molecule has 0 aliphatic carbocycles. The molecule has 0 radical (unpaired) electrons. The fourth-order valence-corrected chi connectivity index (χ4v) is 2.96. The van der Waals surface area contributed by atoms with Gasteiger partial charge in [-0.15, -0.1) is 0 Å². The van der Waals surface area contributed by atoms with E-state index in [0.717, 1.165) is 16.9 Å². The molecule has 0 fully saturated rings. The summed E-state index contributed by atoms with van der Waals surface area (Å²) in [5.41, 5.74) is 5.88. The van der Waals surface area contributed by atoms with Crippen molar-refractivity contribution in [3.8, 4) is 28.0 Å². The van der Waals surface area contributed by atoms with E-state index in [-0.39, 0.29) is 0 Å². The number of aromatic amines is 1. The maximum atomic E-state index is 5.45. The summed E-state index contributed by atoms with van der Waals surface area (Å²) in [6, 6.07) is 25.3. The standard InChI is InChI=1S/C21H17NO/c1-23-21-5-3-2-4-19(21)16-8-6-15(7-9-16)17-10-11-20-18(14-17)12-13-22-20/h2-14,22H,1H3. The molecule has 0 saturated carbocycles. The number of hydrogen-bond donors (Lipinski definition) is 1. The third-order valence-electron chi connectivity index (χ3n) is 4.19. The number of H-pyrrole nitrogens is 1. The molecule has 1 aromatic heterocycles. The van der Waals surface area contributed by atoms with Crippen LogP contribution in [0.5, 0.6) is 5.75 Å². The van der Waals surface area contributed by atoms with E-state index in [2.05, 4.69) is 59.6 Å². The van der Waals surface area contributed by atoms with Crippen molar-refractivity contribution in [3.63, 3.8) is 0 Å². The van der Waals surface area contributed by atoms with Crippen molar-refractivity contribution in [1.82, 2.24) is 4.98 Å². The molecule has 0 amide bonds. The van der Waals surface area contributed by atoms with E-state index in [1.54, 1.807) is 7.11 Å². The molecule has 1 heterocycles. The third-order valence-corrected chi connectivity index (χ3v) is 4.19. The first-order chi connectivity index (χ1) is 11.3. The third kappa shape index (κ3) is 2.49. The molecule has 23 heavy (non-hydrogen) atoms. The highest BCUT2D eigenvalue weighted by molar-refractivity contribution is 5.85. The Labute approximate surface area is 135 Å². The molecule has 3 aromatic carbocycles. The summed E-state index contributed by atoms with van der Waals surface area (Å²) in [5.74, 6) is 0.897. The van der Waals surface area contributed by atoms with Gasteiger partial charge in [-0.25, -0.2) is 0 Å². The smallest absolute Gasteiger partial charge is 0.126 e. The van der Waals surface area contributed by atoms with Gasteiger partial charge in [-0.3, -0.25) is 0 Å².